The summed E-state index contributed by atoms with van der Waals surface area (Å²) >= 11 is 0. The third kappa shape index (κ3) is 3.10. The normalized spacial score (nSPS) is 11.1. The molecule has 0 aliphatic heterocycles. The van der Waals surface area contributed by atoms with Gasteiger partial charge < -0.3 is 9.84 Å². The number of phenols is 1. The number of benzene rings is 2. The molecule has 0 radical (unpaired) electrons. The van der Waals surface area contributed by atoms with Gasteiger partial charge in [0.15, 0.2) is 34.8 Å². The monoisotopic (exact) mass is 300 g/mol. The lowest BCUT2D eigenvalue weighted by atomic mass is 10.3. The molecule has 2 aromatic carbocycles. The molecule has 2 rings (SSSR count). The Hall–Kier alpha value is -2.64. The summed E-state index contributed by atoms with van der Waals surface area (Å²) in [6.45, 7) is 0. The second kappa shape index (κ2) is 5.78. The number of methoxy groups -OCH3 is 1. The Morgan fingerprint density at radius 1 is 0.810 bits per heavy atom. The number of nitrogens with zero attached hydrogens (tertiary/aromatic N) is 2. The number of hydrogen-bond donors (Lipinski definition) is 1. The van der Waals surface area contributed by atoms with E-state index in [1.807, 2.05) is 0 Å². The maximum Gasteiger partial charge on any atom is 0.190 e. The lowest BCUT2D eigenvalue weighted by Gasteiger charge is -2.03. The van der Waals surface area contributed by atoms with Gasteiger partial charge in [0.05, 0.1) is 18.5 Å². The number of rotatable bonds is 3. The smallest absolute Gasteiger partial charge is 0.190 e. The number of halogens is 4. The quantitative estimate of drug-likeness (QED) is 0.676. The summed E-state index contributed by atoms with van der Waals surface area (Å²) < 4.78 is 57.4. The Morgan fingerprint density at radius 2 is 1.19 bits per heavy atom. The standard InChI is InChI=1S/C13H8F4N2O2/c1-21-13-10(16)4-7(5-11(13)17)19-18-6-2-8(14)12(20)9(15)3-6/h2-5,20H,1H3. The summed E-state index contributed by atoms with van der Waals surface area (Å²) in [5.41, 5.74) is -0.473. The van der Waals surface area contributed by atoms with Gasteiger partial charge in [0.2, 0.25) is 0 Å². The van der Waals surface area contributed by atoms with Crippen LogP contribution in [0.3, 0.4) is 0 Å². The molecule has 2 aromatic rings. The fraction of sp³-hybridized carbons (Fsp3) is 0.0769. The van der Waals surface area contributed by atoms with E-state index in [1.165, 1.54) is 0 Å². The molecular weight excluding hydrogens is 292 g/mol. The Morgan fingerprint density at radius 3 is 1.57 bits per heavy atom. The molecule has 110 valence electrons. The minimum absolute atomic E-state index is 0.209. The van der Waals surface area contributed by atoms with Crippen molar-refractivity contribution >= 4 is 11.4 Å². The molecule has 0 unspecified atom stereocenters. The zero-order valence-corrected chi connectivity index (χ0v) is 10.6. The molecular formula is C13H8F4N2O2. The molecule has 8 heteroatoms. The largest absolute Gasteiger partial charge is 0.503 e. The zero-order chi connectivity index (χ0) is 15.6. The van der Waals surface area contributed by atoms with Gasteiger partial charge in [-0.2, -0.15) is 10.2 Å². The highest BCUT2D eigenvalue weighted by Gasteiger charge is 2.12. The molecule has 0 amide bonds. The van der Waals surface area contributed by atoms with Crippen molar-refractivity contribution in [2.45, 2.75) is 0 Å². The first-order valence-electron chi connectivity index (χ1n) is 5.55. The fourth-order valence-electron chi connectivity index (χ4n) is 1.52. The van der Waals surface area contributed by atoms with Crippen LogP contribution in [-0.2, 0) is 0 Å². The van der Waals surface area contributed by atoms with Gasteiger partial charge in [-0.1, -0.05) is 0 Å². The van der Waals surface area contributed by atoms with Crippen LogP contribution in [-0.4, -0.2) is 12.2 Å². The fourth-order valence-corrected chi connectivity index (χ4v) is 1.52. The molecule has 0 heterocycles. The highest BCUT2D eigenvalue weighted by molar-refractivity contribution is 5.46. The van der Waals surface area contributed by atoms with Crippen molar-refractivity contribution in [3.63, 3.8) is 0 Å². The van der Waals surface area contributed by atoms with E-state index in [9.17, 15) is 17.6 Å². The molecule has 21 heavy (non-hydrogen) atoms. The van der Waals surface area contributed by atoms with Crippen LogP contribution in [0.15, 0.2) is 34.5 Å². The maximum atomic E-state index is 13.4. The van der Waals surface area contributed by atoms with E-state index in [0.717, 1.165) is 31.4 Å². The molecule has 4 nitrogen and oxygen atoms in total. The van der Waals surface area contributed by atoms with E-state index >= 15 is 0 Å². The lowest BCUT2D eigenvalue weighted by Crippen LogP contribution is -1.91. The minimum atomic E-state index is -1.23. The predicted molar refractivity (Wildman–Crippen MR) is 65.1 cm³/mol. The van der Waals surface area contributed by atoms with Crippen LogP contribution in [0.2, 0.25) is 0 Å². The SMILES string of the molecule is COc1c(F)cc(N=Nc2cc(F)c(O)c(F)c2)cc1F. The molecule has 0 aliphatic rings. The first-order chi connectivity index (χ1) is 9.92. The van der Waals surface area contributed by atoms with Crippen LogP contribution < -0.4 is 4.74 Å². The van der Waals surface area contributed by atoms with E-state index in [1.54, 1.807) is 0 Å². The number of phenolic OH excluding ortho intramolecular Hbond substituents is 1. The highest BCUT2D eigenvalue weighted by atomic mass is 19.1. The summed E-state index contributed by atoms with van der Waals surface area (Å²) in [7, 11) is 1.10. The van der Waals surface area contributed by atoms with Crippen molar-refractivity contribution in [3.05, 3.63) is 47.5 Å². The van der Waals surface area contributed by atoms with Gasteiger partial charge in [-0.05, 0) is 0 Å². The Bertz CT molecular complexity index is 673. The zero-order valence-electron chi connectivity index (χ0n) is 10.6. The van der Waals surface area contributed by atoms with Crippen molar-refractivity contribution in [2.75, 3.05) is 7.11 Å². The topological polar surface area (TPSA) is 54.2 Å². The van der Waals surface area contributed by atoms with Crippen LogP contribution in [0.1, 0.15) is 0 Å². The Balaban J connectivity index is 2.34. The van der Waals surface area contributed by atoms with Gasteiger partial charge >= 0.3 is 0 Å². The Labute approximate surface area is 116 Å². The second-order valence-corrected chi connectivity index (χ2v) is 3.90. The van der Waals surface area contributed by atoms with Crippen molar-refractivity contribution in [1.82, 2.24) is 0 Å². The third-order valence-corrected chi connectivity index (χ3v) is 2.47. The van der Waals surface area contributed by atoms with Crippen LogP contribution in [0.5, 0.6) is 11.5 Å². The lowest BCUT2D eigenvalue weighted by molar-refractivity contribution is 0.360. The van der Waals surface area contributed by atoms with Gasteiger partial charge in [0, 0.05) is 24.3 Å². The average molecular weight is 300 g/mol. The highest BCUT2D eigenvalue weighted by Crippen LogP contribution is 2.30. The maximum absolute atomic E-state index is 13.4. The number of aromatic hydroxyl groups is 1. The van der Waals surface area contributed by atoms with Gasteiger partial charge in [-0.25, -0.2) is 17.6 Å². The van der Waals surface area contributed by atoms with Crippen LogP contribution in [0.25, 0.3) is 0 Å². The number of hydrogen-bond acceptors (Lipinski definition) is 4. The van der Waals surface area contributed by atoms with Crippen molar-refractivity contribution in [2.24, 2.45) is 10.2 Å². The molecule has 0 aromatic heterocycles. The molecule has 0 aliphatic carbocycles. The Kier molecular flexibility index (Phi) is 4.06. The minimum Gasteiger partial charge on any atom is -0.503 e. The summed E-state index contributed by atoms with van der Waals surface area (Å²) in [6, 6.07) is 3.13. The third-order valence-electron chi connectivity index (χ3n) is 2.47. The summed E-state index contributed by atoms with van der Waals surface area (Å²) in [5.74, 6) is -6.15. The molecule has 1 N–H and O–H groups in total. The molecule has 0 saturated heterocycles. The summed E-state index contributed by atoms with van der Waals surface area (Å²) in [6.07, 6.45) is 0. The van der Waals surface area contributed by atoms with E-state index in [4.69, 9.17) is 5.11 Å². The van der Waals surface area contributed by atoms with Crippen molar-refractivity contribution in [1.29, 1.82) is 0 Å². The van der Waals surface area contributed by atoms with E-state index < -0.39 is 34.8 Å². The number of ether oxygens (including phenoxy) is 1. The molecule has 0 saturated carbocycles. The van der Waals surface area contributed by atoms with Crippen LogP contribution >= 0.6 is 0 Å². The van der Waals surface area contributed by atoms with Crippen LogP contribution in [0.4, 0.5) is 28.9 Å². The molecule has 0 fully saturated rings. The average Bonchev–Trinajstić information content (AvgIpc) is 2.42. The summed E-state index contributed by atoms with van der Waals surface area (Å²) in [4.78, 5) is 0. The van der Waals surface area contributed by atoms with E-state index in [0.29, 0.717) is 0 Å². The van der Waals surface area contributed by atoms with E-state index in [2.05, 4.69) is 15.0 Å². The molecule has 0 atom stereocenters. The second-order valence-electron chi connectivity index (χ2n) is 3.90. The van der Waals surface area contributed by atoms with Crippen molar-refractivity contribution < 1.29 is 27.4 Å². The predicted octanol–water partition coefficient (Wildman–Crippen LogP) is 4.37. The van der Waals surface area contributed by atoms with Crippen LogP contribution in [0, 0.1) is 23.3 Å². The first kappa shape index (κ1) is 14.8. The first-order valence-corrected chi connectivity index (χ1v) is 5.55. The summed E-state index contributed by atoms with van der Waals surface area (Å²) in [5, 5.41) is 15.8. The molecule has 0 spiro atoms. The molecule has 0 bridgehead atoms. The van der Waals surface area contributed by atoms with Crippen molar-refractivity contribution in [3.8, 4) is 11.5 Å². The van der Waals surface area contributed by atoms with Gasteiger partial charge in [-0.15, -0.1) is 0 Å². The van der Waals surface area contributed by atoms with E-state index in [-0.39, 0.29) is 11.4 Å². The number of azo groups is 1. The van der Waals surface area contributed by atoms with Gasteiger partial charge in [0.25, 0.3) is 0 Å². The van der Waals surface area contributed by atoms with Gasteiger partial charge in [0.1, 0.15) is 0 Å². The van der Waals surface area contributed by atoms with Gasteiger partial charge in [-0.3, -0.25) is 0 Å².